The van der Waals surface area contributed by atoms with Gasteiger partial charge in [0.05, 0.1) is 12.7 Å². The molecule has 120 valence electrons. The Morgan fingerprint density at radius 1 is 1.45 bits per heavy atom. The first-order valence-electron chi connectivity index (χ1n) is 6.03. The number of nitrogens with one attached hydrogen (secondary N) is 1. The van der Waals surface area contributed by atoms with Crippen molar-refractivity contribution in [3.63, 3.8) is 0 Å². The lowest BCUT2D eigenvalue weighted by atomic mass is 10.1. The fourth-order valence-corrected chi connectivity index (χ4v) is 2.21. The van der Waals surface area contributed by atoms with Crippen molar-refractivity contribution in [3.8, 4) is 5.75 Å². The Bertz CT molecular complexity index is 648. The van der Waals surface area contributed by atoms with Crippen LogP contribution in [0.3, 0.4) is 0 Å². The molecule has 2 rings (SSSR count). The van der Waals surface area contributed by atoms with Gasteiger partial charge in [0.2, 0.25) is 0 Å². The molecule has 1 aromatic rings. The highest BCUT2D eigenvalue weighted by atomic mass is 35.5. The number of halogens is 4. The summed E-state index contributed by atoms with van der Waals surface area (Å²) < 4.78 is 44.3. The van der Waals surface area contributed by atoms with Crippen molar-refractivity contribution >= 4 is 17.5 Å². The average Bonchev–Trinajstić information content (AvgIpc) is 2.74. The van der Waals surface area contributed by atoms with Crippen LogP contribution in [-0.4, -0.2) is 35.0 Å². The fraction of sp³-hybridized carbons (Fsp3) is 0.308. The number of hydrogen-bond acceptors (Lipinski definition) is 4. The van der Waals surface area contributed by atoms with Gasteiger partial charge in [-0.05, 0) is 31.2 Å². The largest absolute Gasteiger partial charge is 0.496 e. The van der Waals surface area contributed by atoms with Gasteiger partial charge in [-0.25, -0.2) is 5.01 Å². The number of allylic oxidation sites excluding steroid dienone is 1. The number of aliphatic hydroxyl groups is 1. The molecule has 0 aliphatic carbocycles. The molecule has 1 unspecified atom stereocenters. The summed E-state index contributed by atoms with van der Waals surface area (Å²) in [6.07, 6.45) is -4.57. The molecule has 0 bridgehead atoms. The number of alkyl halides is 3. The monoisotopic (exact) mass is 336 g/mol. The summed E-state index contributed by atoms with van der Waals surface area (Å²) in [5, 5.41) is 10.1. The molecule has 0 aromatic heterocycles. The zero-order valence-electron chi connectivity index (χ0n) is 11.5. The molecule has 1 aliphatic heterocycles. The van der Waals surface area contributed by atoms with Crippen LogP contribution in [0.4, 0.5) is 13.2 Å². The van der Waals surface area contributed by atoms with Gasteiger partial charge in [0.1, 0.15) is 5.75 Å². The Morgan fingerprint density at radius 3 is 2.64 bits per heavy atom. The van der Waals surface area contributed by atoms with Crippen LogP contribution < -0.4 is 10.2 Å². The van der Waals surface area contributed by atoms with Crippen molar-refractivity contribution in [3.05, 3.63) is 40.6 Å². The summed E-state index contributed by atoms with van der Waals surface area (Å²) in [4.78, 5) is 12.4. The molecule has 5 nitrogen and oxygen atoms in total. The number of hydrazine groups is 1. The number of nitrogens with zero attached hydrogens (tertiary/aromatic N) is 1. The normalized spacial score (nSPS) is 21.4. The van der Waals surface area contributed by atoms with Crippen molar-refractivity contribution in [2.24, 2.45) is 0 Å². The van der Waals surface area contributed by atoms with Gasteiger partial charge in [-0.15, -0.1) is 0 Å². The molecule has 0 radical (unpaired) electrons. The second-order valence-electron chi connectivity index (χ2n) is 4.65. The first-order chi connectivity index (χ1) is 10.1. The van der Waals surface area contributed by atoms with Gasteiger partial charge in [-0.3, -0.25) is 10.2 Å². The highest BCUT2D eigenvalue weighted by Gasteiger charge is 2.61. The van der Waals surface area contributed by atoms with E-state index in [4.69, 9.17) is 16.3 Å². The van der Waals surface area contributed by atoms with E-state index < -0.39 is 17.8 Å². The number of amides is 1. The van der Waals surface area contributed by atoms with Crippen LogP contribution in [0.15, 0.2) is 30.0 Å². The molecule has 1 aromatic carbocycles. The van der Waals surface area contributed by atoms with Gasteiger partial charge in [-0.1, -0.05) is 11.6 Å². The van der Waals surface area contributed by atoms with Crippen LogP contribution in [0.25, 0.3) is 0 Å². The van der Waals surface area contributed by atoms with E-state index >= 15 is 0 Å². The number of benzene rings is 1. The number of rotatable bonds is 2. The third-order valence-electron chi connectivity index (χ3n) is 3.06. The minimum atomic E-state index is -5.08. The Balaban J connectivity index is 2.48. The quantitative estimate of drug-likeness (QED) is 0.871. The maximum atomic E-state index is 13.1. The van der Waals surface area contributed by atoms with Crippen molar-refractivity contribution in [1.82, 2.24) is 10.4 Å². The van der Waals surface area contributed by atoms with Crippen molar-refractivity contribution in [2.75, 3.05) is 7.11 Å². The zero-order chi connectivity index (χ0) is 16.7. The van der Waals surface area contributed by atoms with E-state index in [-0.39, 0.29) is 27.0 Å². The predicted molar refractivity (Wildman–Crippen MR) is 72.1 cm³/mol. The number of methoxy groups -OCH3 is 1. The van der Waals surface area contributed by atoms with Crippen LogP contribution in [0, 0.1) is 0 Å². The first-order valence-corrected chi connectivity index (χ1v) is 6.41. The van der Waals surface area contributed by atoms with E-state index in [1.165, 1.54) is 26.2 Å². The standard InChI is InChI=1S/C13H12ClF3N2O3/c1-7-6-12(21,13(15,16)17)19(18-7)11(20)9-5-8(14)3-4-10(9)22-2/h3-6,18,21H,1-2H3. The van der Waals surface area contributed by atoms with Gasteiger partial charge >= 0.3 is 6.18 Å². The maximum Gasteiger partial charge on any atom is 0.442 e. The van der Waals surface area contributed by atoms with Crippen molar-refractivity contribution < 1.29 is 27.8 Å². The van der Waals surface area contributed by atoms with Crippen molar-refractivity contribution in [1.29, 1.82) is 0 Å². The van der Waals surface area contributed by atoms with Gasteiger partial charge in [0, 0.05) is 10.7 Å². The smallest absolute Gasteiger partial charge is 0.442 e. The van der Waals surface area contributed by atoms with Crippen LogP contribution in [0.2, 0.25) is 5.02 Å². The summed E-state index contributed by atoms with van der Waals surface area (Å²) in [5.41, 5.74) is -1.49. The molecule has 0 spiro atoms. The van der Waals surface area contributed by atoms with E-state index in [0.29, 0.717) is 6.08 Å². The van der Waals surface area contributed by atoms with Gasteiger partial charge in [0.25, 0.3) is 11.6 Å². The molecule has 9 heteroatoms. The molecule has 22 heavy (non-hydrogen) atoms. The summed E-state index contributed by atoms with van der Waals surface area (Å²) in [7, 11) is 1.26. The SMILES string of the molecule is COc1ccc(Cl)cc1C(=O)N1NC(C)=CC1(O)C(F)(F)F. The van der Waals surface area contributed by atoms with E-state index in [1.54, 1.807) is 0 Å². The molecule has 0 saturated carbocycles. The number of ether oxygens (including phenoxy) is 1. The van der Waals surface area contributed by atoms with Crippen LogP contribution >= 0.6 is 11.6 Å². The number of carbonyl (C=O) groups is 1. The zero-order valence-corrected chi connectivity index (χ0v) is 12.3. The lowest BCUT2D eigenvalue weighted by molar-refractivity contribution is -0.283. The molecule has 0 saturated heterocycles. The molecule has 0 fully saturated rings. The van der Waals surface area contributed by atoms with E-state index in [9.17, 15) is 23.1 Å². The second kappa shape index (κ2) is 5.36. The van der Waals surface area contributed by atoms with Crippen LogP contribution in [-0.2, 0) is 0 Å². The predicted octanol–water partition coefficient (Wildman–Crippen LogP) is 2.46. The maximum absolute atomic E-state index is 13.1. The second-order valence-corrected chi connectivity index (χ2v) is 5.08. The highest BCUT2D eigenvalue weighted by molar-refractivity contribution is 6.31. The van der Waals surface area contributed by atoms with E-state index in [0.717, 1.165) is 6.07 Å². The molecule has 1 amide bonds. The molecule has 2 N–H and O–H groups in total. The highest BCUT2D eigenvalue weighted by Crippen LogP contribution is 2.39. The number of hydrogen-bond donors (Lipinski definition) is 2. The van der Waals surface area contributed by atoms with Crippen LogP contribution in [0.5, 0.6) is 5.75 Å². The van der Waals surface area contributed by atoms with Crippen molar-refractivity contribution in [2.45, 2.75) is 18.8 Å². The lowest BCUT2D eigenvalue weighted by Gasteiger charge is -2.34. The summed E-state index contributed by atoms with van der Waals surface area (Å²) >= 11 is 5.77. The fourth-order valence-electron chi connectivity index (χ4n) is 2.04. The molecule has 1 aliphatic rings. The third kappa shape index (κ3) is 2.59. The van der Waals surface area contributed by atoms with Crippen LogP contribution in [0.1, 0.15) is 17.3 Å². The third-order valence-corrected chi connectivity index (χ3v) is 3.29. The summed E-state index contributed by atoms with van der Waals surface area (Å²) in [6, 6.07) is 3.93. The lowest BCUT2D eigenvalue weighted by Crippen LogP contribution is -2.60. The summed E-state index contributed by atoms with van der Waals surface area (Å²) in [6.45, 7) is 1.29. The molecule has 1 heterocycles. The van der Waals surface area contributed by atoms with Gasteiger partial charge in [-0.2, -0.15) is 13.2 Å². The average molecular weight is 337 g/mol. The molecule has 1 atom stereocenters. The van der Waals surface area contributed by atoms with E-state index in [2.05, 4.69) is 5.43 Å². The Hall–Kier alpha value is -1.93. The summed E-state index contributed by atoms with van der Waals surface area (Å²) in [5.74, 6) is -1.10. The van der Waals surface area contributed by atoms with E-state index in [1.807, 2.05) is 0 Å². The Kier molecular flexibility index (Phi) is 4.01. The Morgan fingerprint density at radius 2 is 2.09 bits per heavy atom. The van der Waals surface area contributed by atoms with Gasteiger partial charge in [0.15, 0.2) is 0 Å². The first kappa shape index (κ1) is 16.4. The minimum absolute atomic E-state index is 0.0193. The molecular weight excluding hydrogens is 325 g/mol. The topological polar surface area (TPSA) is 61.8 Å². The van der Waals surface area contributed by atoms with Gasteiger partial charge < -0.3 is 9.84 Å². The molecular formula is C13H12ClF3N2O3. The Labute approximate surface area is 128 Å². The minimum Gasteiger partial charge on any atom is -0.496 e. The number of carbonyl (C=O) groups excluding carboxylic acids is 1.